The second-order valence-corrected chi connectivity index (χ2v) is 2.03. The summed E-state index contributed by atoms with van der Waals surface area (Å²) in [6.45, 7) is 1.13. The second-order valence-electron chi connectivity index (χ2n) is 2.03. The molecule has 0 radical (unpaired) electrons. The van der Waals surface area contributed by atoms with Crippen LogP contribution in [0.25, 0.3) is 0 Å². The van der Waals surface area contributed by atoms with Crippen LogP contribution >= 0.6 is 0 Å². The van der Waals surface area contributed by atoms with Gasteiger partial charge in [-0.1, -0.05) is 0 Å². The lowest BCUT2D eigenvalue weighted by Gasteiger charge is -1.98. The minimum Gasteiger partial charge on any atom is -0.423 e. The Kier molecular flexibility index (Phi) is 2.37. The highest BCUT2D eigenvalue weighted by Gasteiger charge is 2.18. The molecular weight excluding hydrogens is 170 g/mol. The highest BCUT2D eigenvalue weighted by molar-refractivity contribution is 5.69. The van der Waals surface area contributed by atoms with Crippen LogP contribution in [-0.2, 0) is 4.79 Å². The number of aromatic amines is 1. The fraction of sp³-hybridized carbons (Fsp3) is 0.333. The van der Waals surface area contributed by atoms with Crippen molar-refractivity contribution >= 4 is 5.97 Å². The molecule has 1 aromatic heterocycles. The van der Waals surface area contributed by atoms with Gasteiger partial charge in [-0.05, 0) is 0 Å². The lowest BCUT2D eigenvalue weighted by atomic mass is 10.4. The standard InChI is InChI=1S/C6H6F2N2O2/c1-3(11)12-4-2-9-10-5(4)6(7)8/h2,6H,1H3,(H,9,10). The van der Waals surface area contributed by atoms with E-state index in [1.165, 1.54) is 0 Å². The number of nitrogens with one attached hydrogen (secondary N) is 1. The molecule has 0 saturated heterocycles. The maximum Gasteiger partial charge on any atom is 0.308 e. The topological polar surface area (TPSA) is 55.0 Å². The zero-order valence-electron chi connectivity index (χ0n) is 6.17. The first-order valence-corrected chi connectivity index (χ1v) is 3.11. The lowest BCUT2D eigenvalue weighted by Crippen LogP contribution is -2.02. The van der Waals surface area contributed by atoms with E-state index in [-0.39, 0.29) is 5.75 Å². The van der Waals surface area contributed by atoms with Gasteiger partial charge in [0.1, 0.15) is 0 Å². The van der Waals surface area contributed by atoms with Crippen molar-refractivity contribution < 1.29 is 18.3 Å². The zero-order valence-corrected chi connectivity index (χ0v) is 6.17. The number of esters is 1. The fourth-order valence-corrected chi connectivity index (χ4v) is 0.682. The quantitative estimate of drug-likeness (QED) is 0.690. The normalized spacial score (nSPS) is 10.3. The van der Waals surface area contributed by atoms with Crippen molar-refractivity contribution in [1.29, 1.82) is 0 Å². The van der Waals surface area contributed by atoms with Crippen molar-refractivity contribution in [2.45, 2.75) is 13.3 Å². The maximum atomic E-state index is 12.0. The van der Waals surface area contributed by atoms with E-state index < -0.39 is 18.1 Å². The Morgan fingerprint density at radius 3 is 2.92 bits per heavy atom. The third-order valence-corrected chi connectivity index (χ3v) is 1.09. The summed E-state index contributed by atoms with van der Waals surface area (Å²) in [5, 5.41) is 5.39. The summed E-state index contributed by atoms with van der Waals surface area (Å²) in [4.78, 5) is 10.4. The zero-order chi connectivity index (χ0) is 9.14. The first-order chi connectivity index (χ1) is 5.61. The van der Waals surface area contributed by atoms with Gasteiger partial charge in [-0.3, -0.25) is 9.89 Å². The van der Waals surface area contributed by atoms with E-state index in [0.717, 1.165) is 13.1 Å². The van der Waals surface area contributed by atoms with Gasteiger partial charge in [-0.2, -0.15) is 5.10 Å². The van der Waals surface area contributed by atoms with E-state index in [2.05, 4.69) is 14.9 Å². The third-order valence-electron chi connectivity index (χ3n) is 1.09. The molecule has 66 valence electrons. The van der Waals surface area contributed by atoms with E-state index in [1.807, 2.05) is 0 Å². The van der Waals surface area contributed by atoms with Crippen molar-refractivity contribution in [3.63, 3.8) is 0 Å². The van der Waals surface area contributed by atoms with Gasteiger partial charge in [0, 0.05) is 6.92 Å². The molecule has 0 aliphatic rings. The molecule has 1 N–H and O–H groups in total. The first kappa shape index (κ1) is 8.63. The Balaban J connectivity index is 2.84. The van der Waals surface area contributed by atoms with Gasteiger partial charge in [0.05, 0.1) is 6.20 Å². The van der Waals surface area contributed by atoms with Crippen LogP contribution in [0, 0.1) is 0 Å². The molecule has 0 fully saturated rings. The predicted molar refractivity (Wildman–Crippen MR) is 34.9 cm³/mol. The van der Waals surface area contributed by atoms with Crippen LogP contribution < -0.4 is 4.74 Å². The number of halogens is 2. The molecule has 0 unspecified atom stereocenters. The Bertz CT molecular complexity index is 285. The molecule has 6 heteroatoms. The molecule has 0 aromatic carbocycles. The van der Waals surface area contributed by atoms with Crippen LogP contribution in [0.3, 0.4) is 0 Å². The molecule has 0 amide bonds. The molecule has 0 atom stereocenters. The molecule has 0 saturated carbocycles. The minimum absolute atomic E-state index is 0.225. The predicted octanol–water partition coefficient (Wildman–Crippen LogP) is 1.27. The smallest absolute Gasteiger partial charge is 0.308 e. The van der Waals surface area contributed by atoms with Gasteiger partial charge in [-0.15, -0.1) is 0 Å². The number of ether oxygens (including phenoxy) is 1. The molecule has 0 aliphatic carbocycles. The maximum absolute atomic E-state index is 12.0. The van der Waals surface area contributed by atoms with Crippen LogP contribution in [0.5, 0.6) is 5.75 Å². The van der Waals surface area contributed by atoms with Gasteiger partial charge in [0.15, 0.2) is 11.4 Å². The highest BCUT2D eigenvalue weighted by atomic mass is 19.3. The summed E-state index contributed by atoms with van der Waals surface area (Å²) in [5.41, 5.74) is -0.551. The SMILES string of the molecule is CC(=O)Oc1c[nH]nc1C(F)F. The van der Waals surface area contributed by atoms with Gasteiger partial charge in [-0.25, -0.2) is 8.78 Å². The van der Waals surface area contributed by atoms with E-state index in [0.29, 0.717) is 0 Å². The Labute approximate surface area is 66.5 Å². The molecule has 1 heterocycles. The van der Waals surface area contributed by atoms with Crippen LogP contribution in [0.1, 0.15) is 19.0 Å². The fourth-order valence-electron chi connectivity index (χ4n) is 0.682. The average molecular weight is 176 g/mol. The second kappa shape index (κ2) is 3.29. The molecule has 12 heavy (non-hydrogen) atoms. The number of rotatable bonds is 2. The number of hydrogen-bond donors (Lipinski definition) is 1. The molecule has 4 nitrogen and oxygen atoms in total. The third kappa shape index (κ3) is 1.77. The van der Waals surface area contributed by atoms with Crippen molar-refractivity contribution in [3.8, 4) is 5.75 Å². The number of hydrogen-bond acceptors (Lipinski definition) is 3. The summed E-state index contributed by atoms with van der Waals surface area (Å²) in [6.07, 6.45) is -1.64. The minimum atomic E-state index is -2.74. The van der Waals surface area contributed by atoms with Crippen molar-refractivity contribution in [2.75, 3.05) is 0 Å². The van der Waals surface area contributed by atoms with Crippen molar-refractivity contribution in [1.82, 2.24) is 10.2 Å². The molecule has 0 spiro atoms. The Hall–Kier alpha value is -1.46. The molecule has 1 rings (SSSR count). The number of alkyl halides is 2. The summed E-state index contributed by atoms with van der Waals surface area (Å²) in [5.74, 6) is -0.879. The van der Waals surface area contributed by atoms with E-state index in [9.17, 15) is 13.6 Å². The largest absolute Gasteiger partial charge is 0.423 e. The summed E-state index contributed by atoms with van der Waals surface area (Å²) in [6, 6.07) is 0. The molecule has 1 aromatic rings. The number of carbonyl (C=O) groups is 1. The van der Waals surface area contributed by atoms with Crippen LogP contribution in [0.15, 0.2) is 6.20 Å². The number of nitrogens with zero attached hydrogens (tertiary/aromatic N) is 1. The van der Waals surface area contributed by atoms with E-state index in [1.54, 1.807) is 0 Å². The number of H-pyrrole nitrogens is 1. The summed E-state index contributed by atoms with van der Waals surface area (Å²) in [7, 11) is 0. The molecule has 0 aliphatic heterocycles. The number of carbonyl (C=O) groups excluding carboxylic acids is 1. The van der Waals surface area contributed by atoms with E-state index in [4.69, 9.17) is 0 Å². The van der Waals surface area contributed by atoms with Crippen molar-refractivity contribution in [3.05, 3.63) is 11.9 Å². The van der Waals surface area contributed by atoms with Crippen LogP contribution in [-0.4, -0.2) is 16.2 Å². The molecular formula is C6H6F2N2O2. The van der Waals surface area contributed by atoms with Gasteiger partial charge >= 0.3 is 5.97 Å². The molecule has 0 bridgehead atoms. The Morgan fingerprint density at radius 1 is 1.75 bits per heavy atom. The van der Waals surface area contributed by atoms with Gasteiger partial charge < -0.3 is 4.74 Å². The summed E-state index contributed by atoms with van der Waals surface area (Å²) < 4.78 is 28.5. The summed E-state index contributed by atoms with van der Waals surface area (Å²) >= 11 is 0. The highest BCUT2D eigenvalue weighted by Crippen LogP contribution is 2.25. The monoisotopic (exact) mass is 176 g/mol. The number of aromatic nitrogens is 2. The Morgan fingerprint density at radius 2 is 2.42 bits per heavy atom. The lowest BCUT2D eigenvalue weighted by molar-refractivity contribution is -0.132. The first-order valence-electron chi connectivity index (χ1n) is 3.11. The van der Waals surface area contributed by atoms with Crippen LogP contribution in [0.4, 0.5) is 8.78 Å². The van der Waals surface area contributed by atoms with E-state index >= 15 is 0 Å². The van der Waals surface area contributed by atoms with Crippen molar-refractivity contribution in [2.24, 2.45) is 0 Å². The average Bonchev–Trinajstić information content (AvgIpc) is 2.33. The van der Waals surface area contributed by atoms with Gasteiger partial charge in [0.2, 0.25) is 0 Å². The van der Waals surface area contributed by atoms with Gasteiger partial charge in [0.25, 0.3) is 6.43 Å². The van der Waals surface area contributed by atoms with Crippen LogP contribution in [0.2, 0.25) is 0 Å².